The lowest BCUT2D eigenvalue weighted by atomic mass is 10.5. The SMILES string of the molecule is [CH2]CN(C[CH2])C[CH2]. The van der Waals surface area contributed by atoms with Crippen LogP contribution in [0.3, 0.4) is 0 Å². The molecule has 0 unspecified atom stereocenters. The lowest BCUT2D eigenvalue weighted by Gasteiger charge is -2.13. The van der Waals surface area contributed by atoms with E-state index in [-0.39, 0.29) is 0 Å². The highest BCUT2D eigenvalue weighted by atomic mass is 15.1. The van der Waals surface area contributed by atoms with E-state index in [1.165, 1.54) is 0 Å². The fourth-order valence-electron chi connectivity index (χ4n) is 0.335. The van der Waals surface area contributed by atoms with Crippen LogP contribution < -0.4 is 0 Å². The maximum atomic E-state index is 3.67. The Balaban J connectivity index is 2.99. The molecule has 41 valence electrons. The molecule has 0 heterocycles. The molecule has 0 aliphatic rings. The van der Waals surface area contributed by atoms with Gasteiger partial charge in [-0.1, -0.05) is 0 Å². The average Bonchev–Trinajstić information content (AvgIpc) is 1.72. The molecule has 1 heteroatoms. The minimum Gasteiger partial charge on any atom is -0.303 e. The molecule has 0 aromatic rings. The first-order chi connectivity index (χ1) is 3.35. The minimum atomic E-state index is 0.812. The average molecular weight is 98.2 g/mol. The van der Waals surface area contributed by atoms with Crippen molar-refractivity contribution in [1.82, 2.24) is 4.90 Å². The van der Waals surface area contributed by atoms with Crippen molar-refractivity contribution in [1.29, 1.82) is 0 Å². The predicted molar refractivity (Wildman–Crippen MR) is 32.5 cm³/mol. The maximum absolute atomic E-state index is 3.67. The summed E-state index contributed by atoms with van der Waals surface area (Å²) in [5.74, 6) is 0. The van der Waals surface area contributed by atoms with Crippen LogP contribution in [0.2, 0.25) is 0 Å². The molecule has 1 nitrogen and oxygen atoms in total. The highest BCUT2D eigenvalue weighted by Gasteiger charge is 1.89. The van der Waals surface area contributed by atoms with Crippen molar-refractivity contribution in [3.63, 3.8) is 0 Å². The van der Waals surface area contributed by atoms with Gasteiger partial charge in [-0.2, -0.15) is 0 Å². The standard InChI is InChI=1S/C6H12N/c1-4-7(5-2)6-3/h1-6H2. The van der Waals surface area contributed by atoms with Gasteiger partial charge in [0.2, 0.25) is 0 Å². The summed E-state index contributed by atoms with van der Waals surface area (Å²) >= 11 is 0. The molecule has 0 atom stereocenters. The Morgan fingerprint density at radius 2 is 1.14 bits per heavy atom. The van der Waals surface area contributed by atoms with Crippen LogP contribution in [0.15, 0.2) is 0 Å². The first-order valence-electron chi connectivity index (χ1n) is 2.45. The first kappa shape index (κ1) is 6.96. The molecule has 0 spiro atoms. The predicted octanol–water partition coefficient (Wildman–Crippen LogP) is 0.791. The van der Waals surface area contributed by atoms with E-state index in [1.54, 1.807) is 0 Å². The van der Waals surface area contributed by atoms with Crippen molar-refractivity contribution in [2.24, 2.45) is 0 Å². The fourth-order valence-corrected chi connectivity index (χ4v) is 0.335. The number of nitrogens with zero attached hydrogens (tertiary/aromatic N) is 1. The Kier molecular flexibility index (Phi) is 4.10. The molecule has 0 aromatic heterocycles. The zero-order valence-corrected chi connectivity index (χ0v) is 4.69. The summed E-state index contributed by atoms with van der Waals surface area (Å²) in [7, 11) is 0. The summed E-state index contributed by atoms with van der Waals surface area (Å²) in [5.41, 5.74) is 0. The highest BCUT2D eigenvalue weighted by molar-refractivity contribution is 4.59. The van der Waals surface area contributed by atoms with Gasteiger partial charge < -0.3 is 4.90 Å². The van der Waals surface area contributed by atoms with E-state index >= 15 is 0 Å². The van der Waals surface area contributed by atoms with Crippen molar-refractivity contribution < 1.29 is 0 Å². The number of rotatable bonds is 3. The second-order valence-corrected chi connectivity index (χ2v) is 1.34. The second kappa shape index (κ2) is 4.13. The van der Waals surface area contributed by atoms with Crippen molar-refractivity contribution in [2.45, 2.75) is 0 Å². The van der Waals surface area contributed by atoms with Crippen LogP contribution in [0.25, 0.3) is 0 Å². The van der Waals surface area contributed by atoms with Crippen LogP contribution in [-0.4, -0.2) is 24.5 Å². The summed E-state index contributed by atoms with van der Waals surface area (Å²) < 4.78 is 0. The quantitative estimate of drug-likeness (QED) is 0.504. The molecule has 7 heavy (non-hydrogen) atoms. The minimum absolute atomic E-state index is 0.812. The molecule has 0 aliphatic heterocycles. The van der Waals surface area contributed by atoms with Crippen molar-refractivity contribution in [3.05, 3.63) is 20.8 Å². The Morgan fingerprint density at radius 3 is 1.14 bits per heavy atom. The van der Waals surface area contributed by atoms with Crippen molar-refractivity contribution >= 4 is 0 Å². The van der Waals surface area contributed by atoms with E-state index in [0.29, 0.717) is 0 Å². The Hall–Kier alpha value is -0.0400. The zero-order chi connectivity index (χ0) is 5.70. The van der Waals surface area contributed by atoms with Gasteiger partial charge in [0.05, 0.1) is 0 Å². The van der Waals surface area contributed by atoms with Gasteiger partial charge in [-0.3, -0.25) is 0 Å². The molecule has 0 rings (SSSR count). The lowest BCUT2D eigenvalue weighted by Crippen LogP contribution is -2.22. The molecule has 0 saturated carbocycles. The van der Waals surface area contributed by atoms with Crippen LogP contribution in [0.1, 0.15) is 0 Å². The Bertz CT molecular complexity index is 25.7. The molecule has 3 radical (unpaired) electrons. The van der Waals surface area contributed by atoms with Crippen LogP contribution in [0, 0.1) is 20.8 Å². The third-order valence-electron chi connectivity index (χ3n) is 0.949. The summed E-state index contributed by atoms with van der Waals surface area (Å²) in [6.45, 7) is 13.5. The summed E-state index contributed by atoms with van der Waals surface area (Å²) in [6, 6.07) is 0. The molecule has 0 N–H and O–H groups in total. The van der Waals surface area contributed by atoms with Crippen molar-refractivity contribution in [3.8, 4) is 0 Å². The van der Waals surface area contributed by atoms with Gasteiger partial charge in [0.25, 0.3) is 0 Å². The van der Waals surface area contributed by atoms with Crippen LogP contribution in [-0.2, 0) is 0 Å². The molecular weight excluding hydrogens is 86.1 g/mol. The summed E-state index contributed by atoms with van der Waals surface area (Å²) in [5, 5.41) is 0. The van der Waals surface area contributed by atoms with Gasteiger partial charge >= 0.3 is 0 Å². The van der Waals surface area contributed by atoms with E-state index in [1.807, 2.05) is 4.90 Å². The Morgan fingerprint density at radius 1 is 0.857 bits per heavy atom. The van der Waals surface area contributed by atoms with Gasteiger partial charge in [-0.05, 0) is 40.4 Å². The fraction of sp³-hybridized carbons (Fsp3) is 0.500. The van der Waals surface area contributed by atoms with Gasteiger partial charge in [0.15, 0.2) is 0 Å². The number of hydrogen-bond acceptors (Lipinski definition) is 1. The topological polar surface area (TPSA) is 3.24 Å². The van der Waals surface area contributed by atoms with Gasteiger partial charge in [0, 0.05) is 0 Å². The third kappa shape index (κ3) is 2.63. The molecule has 0 aromatic carbocycles. The third-order valence-corrected chi connectivity index (χ3v) is 0.949. The highest BCUT2D eigenvalue weighted by Crippen LogP contribution is 1.80. The Labute approximate surface area is 46.3 Å². The van der Waals surface area contributed by atoms with Gasteiger partial charge in [0.1, 0.15) is 0 Å². The van der Waals surface area contributed by atoms with E-state index in [9.17, 15) is 0 Å². The largest absolute Gasteiger partial charge is 0.303 e. The lowest BCUT2D eigenvalue weighted by molar-refractivity contribution is 0.368. The molecular formula is C6H12N. The van der Waals surface area contributed by atoms with Crippen LogP contribution >= 0.6 is 0 Å². The zero-order valence-electron chi connectivity index (χ0n) is 4.69. The normalized spacial score (nSPS) is 10.3. The van der Waals surface area contributed by atoms with Gasteiger partial charge in [-0.15, -0.1) is 0 Å². The molecule has 0 fully saturated rings. The number of hydrogen-bond donors (Lipinski definition) is 0. The van der Waals surface area contributed by atoms with Gasteiger partial charge in [-0.25, -0.2) is 0 Å². The van der Waals surface area contributed by atoms with E-state index in [2.05, 4.69) is 20.8 Å². The van der Waals surface area contributed by atoms with Crippen LogP contribution in [0.5, 0.6) is 0 Å². The van der Waals surface area contributed by atoms with E-state index in [4.69, 9.17) is 0 Å². The van der Waals surface area contributed by atoms with Crippen LogP contribution in [0.4, 0.5) is 0 Å². The smallest absolute Gasteiger partial charge is 0.00183 e. The molecule has 0 bridgehead atoms. The van der Waals surface area contributed by atoms with E-state index < -0.39 is 0 Å². The van der Waals surface area contributed by atoms with E-state index in [0.717, 1.165) is 19.6 Å². The second-order valence-electron chi connectivity index (χ2n) is 1.34. The molecule has 0 saturated heterocycles. The van der Waals surface area contributed by atoms with Crippen molar-refractivity contribution in [2.75, 3.05) is 19.6 Å². The summed E-state index contributed by atoms with van der Waals surface area (Å²) in [6.07, 6.45) is 0. The molecule has 0 aliphatic carbocycles. The monoisotopic (exact) mass is 98.1 g/mol. The maximum Gasteiger partial charge on any atom is -0.00183 e. The molecule has 0 amide bonds. The first-order valence-corrected chi connectivity index (χ1v) is 2.45. The summed E-state index contributed by atoms with van der Waals surface area (Å²) in [4.78, 5) is 2.04.